The largest absolute Gasteiger partial charge is 0.394 e. The monoisotopic (exact) mass is 191 g/mol. The van der Waals surface area contributed by atoms with Crippen molar-refractivity contribution < 1.29 is 5.11 Å². The van der Waals surface area contributed by atoms with E-state index in [1.807, 2.05) is 11.8 Å². The lowest BCUT2D eigenvalue weighted by Gasteiger charge is -2.28. The highest BCUT2D eigenvalue weighted by atomic mass is 32.2. The molecular weight excluding hydrogens is 170 g/mol. The molecule has 0 heterocycles. The van der Waals surface area contributed by atoms with E-state index >= 15 is 0 Å². The molecule has 74 valence electrons. The molecule has 0 bridgehead atoms. The molecule has 2 nitrogen and oxygen atoms in total. The van der Waals surface area contributed by atoms with Crippen LogP contribution in [-0.4, -0.2) is 35.3 Å². The summed E-state index contributed by atoms with van der Waals surface area (Å²) in [5.41, 5.74) is -0.0725. The van der Waals surface area contributed by atoms with Crippen molar-refractivity contribution in [2.24, 2.45) is 0 Å². The Labute approximate surface area is 80.1 Å². The molecule has 0 spiro atoms. The second kappa shape index (κ2) is 6.75. The molecule has 0 aliphatic carbocycles. The predicted octanol–water partition coefficient (Wildman–Crippen LogP) is 1.49. The Hall–Kier alpha value is 0.270. The van der Waals surface area contributed by atoms with Crippen molar-refractivity contribution in [2.75, 3.05) is 24.7 Å². The summed E-state index contributed by atoms with van der Waals surface area (Å²) >= 11 is 1.93. The fourth-order valence-electron chi connectivity index (χ4n) is 1.09. The molecule has 2 N–H and O–H groups in total. The summed E-state index contributed by atoms with van der Waals surface area (Å²) in [7, 11) is 0. The Morgan fingerprint density at radius 3 is 2.50 bits per heavy atom. The minimum Gasteiger partial charge on any atom is -0.394 e. The number of rotatable bonds is 7. The molecule has 0 fully saturated rings. The highest BCUT2D eigenvalue weighted by molar-refractivity contribution is 7.99. The van der Waals surface area contributed by atoms with Crippen LogP contribution in [0.1, 0.15) is 27.2 Å². The Morgan fingerprint density at radius 1 is 1.42 bits per heavy atom. The maximum Gasteiger partial charge on any atom is 0.0610 e. The van der Waals surface area contributed by atoms with Gasteiger partial charge in [-0.15, -0.1) is 0 Å². The molecule has 1 atom stereocenters. The normalized spacial score (nSPS) is 16.0. The first-order chi connectivity index (χ1) is 5.68. The molecule has 0 aromatic rings. The van der Waals surface area contributed by atoms with Gasteiger partial charge in [0.15, 0.2) is 0 Å². The van der Waals surface area contributed by atoms with Gasteiger partial charge in [-0.25, -0.2) is 0 Å². The molecule has 0 aliphatic rings. The molecule has 0 rings (SSSR count). The third-order valence-electron chi connectivity index (χ3n) is 1.95. The maximum atomic E-state index is 9.14. The number of thioether (sulfide) groups is 1. The Morgan fingerprint density at radius 2 is 2.08 bits per heavy atom. The molecule has 12 heavy (non-hydrogen) atoms. The average molecular weight is 191 g/mol. The molecular formula is C9H21NOS. The van der Waals surface area contributed by atoms with E-state index < -0.39 is 0 Å². The topological polar surface area (TPSA) is 32.3 Å². The zero-order chi connectivity index (χ0) is 9.45. The Bertz CT molecular complexity index is 111. The zero-order valence-electron chi connectivity index (χ0n) is 8.39. The standard InChI is InChI=1S/C9H21NOS/c1-4-10-9(3,8-11)6-7-12-5-2/h10-11H,4-8H2,1-3H3. The van der Waals surface area contributed by atoms with E-state index in [1.165, 1.54) is 0 Å². The lowest BCUT2D eigenvalue weighted by Crippen LogP contribution is -2.46. The second-order valence-corrected chi connectivity index (χ2v) is 4.59. The number of hydrogen-bond acceptors (Lipinski definition) is 3. The number of hydrogen-bond donors (Lipinski definition) is 2. The minimum absolute atomic E-state index is 0.0725. The molecule has 0 saturated carbocycles. The van der Waals surface area contributed by atoms with Gasteiger partial charge in [0.2, 0.25) is 0 Å². The van der Waals surface area contributed by atoms with Gasteiger partial charge in [-0.2, -0.15) is 11.8 Å². The Balaban J connectivity index is 3.63. The zero-order valence-corrected chi connectivity index (χ0v) is 9.21. The number of likely N-dealkylation sites (N-methyl/N-ethyl adjacent to an activating group) is 1. The molecule has 0 amide bonds. The van der Waals surface area contributed by atoms with Gasteiger partial charge in [0, 0.05) is 5.54 Å². The summed E-state index contributed by atoms with van der Waals surface area (Å²) in [6.07, 6.45) is 1.04. The lowest BCUT2D eigenvalue weighted by molar-refractivity contribution is 0.173. The molecule has 0 aromatic heterocycles. The first kappa shape index (κ1) is 12.3. The SMILES string of the molecule is CCNC(C)(CO)CCSCC. The van der Waals surface area contributed by atoms with Crippen LogP contribution < -0.4 is 5.32 Å². The lowest BCUT2D eigenvalue weighted by atomic mass is 10.0. The molecule has 0 saturated heterocycles. The van der Waals surface area contributed by atoms with E-state index in [9.17, 15) is 0 Å². The average Bonchev–Trinajstić information content (AvgIpc) is 2.06. The van der Waals surface area contributed by atoms with Gasteiger partial charge in [-0.05, 0) is 31.4 Å². The van der Waals surface area contributed by atoms with Crippen LogP contribution in [0.2, 0.25) is 0 Å². The van der Waals surface area contributed by atoms with Gasteiger partial charge in [-0.3, -0.25) is 0 Å². The van der Waals surface area contributed by atoms with Crippen LogP contribution in [-0.2, 0) is 0 Å². The van der Waals surface area contributed by atoms with Gasteiger partial charge in [-0.1, -0.05) is 13.8 Å². The molecule has 0 radical (unpaired) electrons. The van der Waals surface area contributed by atoms with Gasteiger partial charge in [0.25, 0.3) is 0 Å². The van der Waals surface area contributed by atoms with Crippen molar-refractivity contribution in [1.82, 2.24) is 5.32 Å². The third kappa shape index (κ3) is 5.01. The third-order valence-corrected chi connectivity index (χ3v) is 2.86. The van der Waals surface area contributed by atoms with Crippen LogP contribution in [0.5, 0.6) is 0 Å². The summed E-state index contributed by atoms with van der Waals surface area (Å²) in [6.45, 7) is 7.46. The van der Waals surface area contributed by atoms with E-state index in [1.54, 1.807) is 0 Å². The first-order valence-corrected chi connectivity index (χ1v) is 5.77. The van der Waals surface area contributed by atoms with Crippen molar-refractivity contribution in [3.8, 4) is 0 Å². The number of nitrogens with one attached hydrogen (secondary N) is 1. The molecule has 3 heteroatoms. The number of aliphatic hydroxyl groups excluding tert-OH is 1. The highest BCUT2D eigenvalue weighted by Crippen LogP contribution is 2.13. The van der Waals surface area contributed by atoms with Crippen LogP contribution in [0.25, 0.3) is 0 Å². The molecule has 0 aliphatic heterocycles. The van der Waals surface area contributed by atoms with Gasteiger partial charge in [0.1, 0.15) is 0 Å². The summed E-state index contributed by atoms with van der Waals surface area (Å²) in [5, 5.41) is 12.4. The molecule has 0 aromatic carbocycles. The summed E-state index contributed by atoms with van der Waals surface area (Å²) in [4.78, 5) is 0. The van der Waals surface area contributed by atoms with Crippen molar-refractivity contribution in [1.29, 1.82) is 0 Å². The summed E-state index contributed by atoms with van der Waals surface area (Å²) in [5.74, 6) is 2.29. The van der Waals surface area contributed by atoms with E-state index in [-0.39, 0.29) is 12.1 Å². The highest BCUT2D eigenvalue weighted by Gasteiger charge is 2.20. The Kier molecular flexibility index (Phi) is 6.90. The smallest absolute Gasteiger partial charge is 0.0610 e. The summed E-state index contributed by atoms with van der Waals surface area (Å²) < 4.78 is 0. The van der Waals surface area contributed by atoms with Crippen molar-refractivity contribution in [3.05, 3.63) is 0 Å². The van der Waals surface area contributed by atoms with Crippen LogP contribution in [0.3, 0.4) is 0 Å². The van der Waals surface area contributed by atoms with E-state index in [0.717, 1.165) is 24.5 Å². The van der Waals surface area contributed by atoms with Crippen LogP contribution in [0.15, 0.2) is 0 Å². The van der Waals surface area contributed by atoms with Crippen molar-refractivity contribution in [3.63, 3.8) is 0 Å². The fourth-order valence-corrected chi connectivity index (χ4v) is 1.98. The fraction of sp³-hybridized carbons (Fsp3) is 1.00. The maximum absolute atomic E-state index is 9.14. The quantitative estimate of drug-likeness (QED) is 0.598. The summed E-state index contributed by atoms with van der Waals surface area (Å²) in [6, 6.07) is 0. The van der Waals surface area contributed by atoms with Crippen molar-refractivity contribution in [2.45, 2.75) is 32.7 Å². The van der Waals surface area contributed by atoms with E-state index in [0.29, 0.717) is 0 Å². The number of aliphatic hydroxyl groups is 1. The molecule has 1 unspecified atom stereocenters. The van der Waals surface area contributed by atoms with Gasteiger partial charge >= 0.3 is 0 Å². The van der Waals surface area contributed by atoms with Crippen LogP contribution >= 0.6 is 11.8 Å². The predicted molar refractivity (Wildman–Crippen MR) is 56.8 cm³/mol. The van der Waals surface area contributed by atoms with Crippen LogP contribution in [0.4, 0.5) is 0 Å². The van der Waals surface area contributed by atoms with Crippen molar-refractivity contribution >= 4 is 11.8 Å². The minimum atomic E-state index is -0.0725. The van der Waals surface area contributed by atoms with Gasteiger partial charge in [0.05, 0.1) is 6.61 Å². The van der Waals surface area contributed by atoms with Gasteiger partial charge < -0.3 is 10.4 Å². The van der Waals surface area contributed by atoms with E-state index in [4.69, 9.17) is 5.11 Å². The first-order valence-electron chi connectivity index (χ1n) is 4.62. The van der Waals surface area contributed by atoms with E-state index in [2.05, 4.69) is 26.1 Å². The second-order valence-electron chi connectivity index (χ2n) is 3.20. The van der Waals surface area contributed by atoms with Crippen LogP contribution in [0, 0.1) is 0 Å².